The van der Waals surface area contributed by atoms with E-state index >= 15 is 0 Å². The molecule has 1 saturated heterocycles. The second kappa shape index (κ2) is 6.24. The van der Waals surface area contributed by atoms with Gasteiger partial charge in [0.15, 0.2) is 9.84 Å². The van der Waals surface area contributed by atoms with E-state index in [1.54, 1.807) is 0 Å². The number of fused-ring (bicyclic) bond motifs is 1. The Kier molecular flexibility index (Phi) is 4.46. The number of hydrogen-bond acceptors (Lipinski definition) is 5. The normalized spacial score (nSPS) is 23.8. The van der Waals surface area contributed by atoms with Crippen LogP contribution >= 0.6 is 0 Å². The molecular formula is C15H23N3O4S. The number of aliphatic carboxylic acids is 1. The number of rotatable bonds is 5. The second-order valence-corrected chi connectivity index (χ2v) is 8.93. The van der Waals surface area contributed by atoms with Crippen LogP contribution in [0.25, 0.3) is 0 Å². The first-order valence-corrected chi connectivity index (χ1v) is 9.84. The third kappa shape index (κ3) is 3.74. The quantitative estimate of drug-likeness (QED) is 0.829. The summed E-state index contributed by atoms with van der Waals surface area (Å²) in [4.78, 5) is 13.1. The largest absolute Gasteiger partial charge is 0.481 e. The van der Waals surface area contributed by atoms with Crippen LogP contribution in [0.1, 0.15) is 29.8 Å². The van der Waals surface area contributed by atoms with Crippen molar-refractivity contribution in [2.24, 2.45) is 5.92 Å². The highest BCUT2D eigenvalue weighted by Gasteiger charge is 2.31. The molecule has 2 aliphatic heterocycles. The van der Waals surface area contributed by atoms with Gasteiger partial charge in [-0.25, -0.2) is 8.42 Å². The summed E-state index contributed by atoms with van der Waals surface area (Å²) < 4.78 is 25.1. The van der Waals surface area contributed by atoms with Crippen molar-refractivity contribution in [3.8, 4) is 0 Å². The minimum Gasteiger partial charge on any atom is -0.481 e. The lowest BCUT2D eigenvalue weighted by molar-refractivity contribution is -0.137. The van der Waals surface area contributed by atoms with Gasteiger partial charge in [0.05, 0.1) is 30.2 Å². The molecule has 23 heavy (non-hydrogen) atoms. The van der Waals surface area contributed by atoms with Crippen molar-refractivity contribution in [3.05, 3.63) is 17.0 Å². The molecule has 1 fully saturated rings. The summed E-state index contributed by atoms with van der Waals surface area (Å²) in [5.74, 6) is -0.163. The molecule has 0 aromatic carbocycles. The van der Waals surface area contributed by atoms with Gasteiger partial charge in [-0.3, -0.25) is 9.48 Å². The number of carboxylic acid groups (broad SMARTS) is 1. The SMILES string of the molecule is CN1CCc2c(c(CC3CCS(=O)(=O)C3)nn2CCC(=O)O)C1. The highest BCUT2D eigenvalue weighted by atomic mass is 32.2. The molecule has 0 spiro atoms. The Morgan fingerprint density at radius 2 is 2.22 bits per heavy atom. The second-order valence-electron chi connectivity index (χ2n) is 6.70. The van der Waals surface area contributed by atoms with Crippen molar-refractivity contribution < 1.29 is 18.3 Å². The Balaban J connectivity index is 1.82. The average molecular weight is 341 g/mol. The van der Waals surface area contributed by atoms with Crippen LogP contribution in [0.3, 0.4) is 0 Å². The van der Waals surface area contributed by atoms with E-state index in [4.69, 9.17) is 5.11 Å². The zero-order valence-corrected chi connectivity index (χ0v) is 14.2. The lowest BCUT2D eigenvalue weighted by Crippen LogP contribution is -2.28. The van der Waals surface area contributed by atoms with Crippen molar-refractivity contribution >= 4 is 15.8 Å². The molecule has 128 valence electrons. The topological polar surface area (TPSA) is 92.5 Å². The molecular weight excluding hydrogens is 318 g/mol. The molecule has 1 unspecified atom stereocenters. The monoisotopic (exact) mass is 341 g/mol. The van der Waals surface area contributed by atoms with Gasteiger partial charge in [-0.2, -0.15) is 5.10 Å². The number of likely N-dealkylation sites (N-methyl/N-ethyl adjacent to an activating group) is 1. The predicted octanol–water partition coefficient (Wildman–Crippen LogP) is 0.323. The van der Waals surface area contributed by atoms with Gasteiger partial charge in [0.25, 0.3) is 0 Å². The van der Waals surface area contributed by atoms with Crippen LogP contribution in [0.4, 0.5) is 0 Å². The third-order valence-corrected chi connectivity index (χ3v) is 6.59. The molecule has 0 radical (unpaired) electrons. The van der Waals surface area contributed by atoms with Gasteiger partial charge < -0.3 is 10.0 Å². The van der Waals surface area contributed by atoms with Crippen LogP contribution in [0, 0.1) is 5.92 Å². The number of hydrogen-bond donors (Lipinski definition) is 1. The van der Waals surface area contributed by atoms with Gasteiger partial charge in [-0.15, -0.1) is 0 Å². The van der Waals surface area contributed by atoms with E-state index in [9.17, 15) is 13.2 Å². The molecule has 1 aromatic heterocycles. The van der Waals surface area contributed by atoms with Crippen LogP contribution in [-0.4, -0.2) is 59.3 Å². The van der Waals surface area contributed by atoms with E-state index in [-0.39, 0.29) is 23.8 Å². The zero-order chi connectivity index (χ0) is 16.6. The Bertz CT molecular complexity index is 711. The van der Waals surface area contributed by atoms with Crippen LogP contribution in [0.15, 0.2) is 0 Å². The van der Waals surface area contributed by atoms with E-state index in [1.165, 1.54) is 5.56 Å². The summed E-state index contributed by atoms with van der Waals surface area (Å²) in [7, 11) is -0.828. The van der Waals surface area contributed by atoms with E-state index < -0.39 is 15.8 Å². The molecule has 3 rings (SSSR count). The average Bonchev–Trinajstić information content (AvgIpc) is 2.97. The molecule has 1 aromatic rings. The molecule has 0 saturated carbocycles. The molecule has 7 nitrogen and oxygen atoms in total. The van der Waals surface area contributed by atoms with Crippen molar-refractivity contribution in [1.29, 1.82) is 0 Å². The fourth-order valence-electron chi connectivity index (χ4n) is 3.55. The summed E-state index contributed by atoms with van der Waals surface area (Å²) in [5.41, 5.74) is 3.26. The molecule has 1 N–H and O–H groups in total. The number of carbonyl (C=O) groups is 1. The fraction of sp³-hybridized carbons (Fsp3) is 0.733. The van der Waals surface area contributed by atoms with Crippen molar-refractivity contribution in [2.45, 2.75) is 38.8 Å². The standard InChI is InChI=1S/C15H23N3O4S/c1-17-5-2-14-12(9-17)13(16-18(14)6-3-15(19)20)8-11-4-7-23(21,22)10-11/h11H,2-10H2,1H3,(H,19,20). The molecule has 1 atom stereocenters. The molecule has 8 heteroatoms. The molecule has 3 heterocycles. The van der Waals surface area contributed by atoms with E-state index in [0.29, 0.717) is 19.4 Å². The Morgan fingerprint density at radius 1 is 1.43 bits per heavy atom. The van der Waals surface area contributed by atoms with Crippen LogP contribution in [0.5, 0.6) is 0 Å². The van der Waals surface area contributed by atoms with Gasteiger partial charge in [-0.05, 0) is 25.8 Å². The molecule has 2 aliphatic rings. The Hall–Kier alpha value is -1.41. The van der Waals surface area contributed by atoms with Crippen LogP contribution in [0.2, 0.25) is 0 Å². The van der Waals surface area contributed by atoms with Crippen molar-refractivity contribution in [3.63, 3.8) is 0 Å². The Labute approximate surface area is 136 Å². The summed E-state index contributed by atoms with van der Waals surface area (Å²) in [6, 6.07) is 0. The predicted molar refractivity (Wildman–Crippen MR) is 85.0 cm³/mol. The smallest absolute Gasteiger partial charge is 0.305 e. The first-order valence-electron chi connectivity index (χ1n) is 8.02. The maximum Gasteiger partial charge on any atom is 0.305 e. The maximum atomic E-state index is 11.7. The maximum absolute atomic E-state index is 11.7. The highest BCUT2D eigenvalue weighted by molar-refractivity contribution is 7.91. The van der Waals surface area contributed by atoms with E-state index in [2.05, 4.69) is 17.0 Å². The van der Waals surface area contributed by atoms with Crippen LogP contribution < -0.4 is 0 Å². The van der Waals surface area contributed by atoms with Crippen LogP contribution in [-0.2, 0) is 40.6 Å². The minimum absolute atomic E-state index is 0.0568. The van der Waals surface area contributed by atoms with Gasteiger partial charge in [0, 0.05) is 30.8 Å². The number of aryl methyl sites for hydroxylation is 1. The summed E-state index contributed by atoms with van der Waals surface area (Å²) in [6.07, 6.45) is 2.30. The van der Waals surface area contributed by atoms with Gasteiger partial charge in [0.1, 0.15) is 0 Å². The molecule has 0 aliphatic carbocycles. The fourth-order valence-corrected chi connectivity index (χ4v) is 5.42. The Morgan fingerprint density at radius 3 is 2.87 bits per heavy atom. The third-order valence-electron chi connectivity index (χ3n) is 4.75. The number of nitrogens with zero attached hydrogens (tertiary/aromatic N) is 3. The van der Waals surface area contributed by atoms with Crippen molar-refractivity contribution in [1.82, 2.24) is 14.7 Å². The summed E-state index contributed by atoms with van der Waals surface area (Å²) in [6.45, 7) is 2.12. The van der Waals surface area contributed by atoms with E-state index in [1.807, 2.05) is 4.68 Å². The number of carboxylic acids is 1. The molecule has 0 amide bonds. The van der Waals surface area contributed by atoms with E-state index in [0.717, 1.165) is 30.9 Å². The van der Waals surface area contributed by atoms with Gasteiger partial charge in [0.2, 0.25) is 0 Å². The molecule has 0 bridgehead atoms. The minimum atomic E-state index is -2.88. The van der Waals surface area contributed by atoms with Crippen molar-refractivity contribution in [2.75, 3.05) is 25.1 Å². The summed E-state index contributed by atoms with van der Waals surface area (Å²) >= 11 is 0. The number of aromatic nitrogens is 2. The number of sulfone groups is 1. The summed E-state index contributed by atoms with van der Waals surface area (Å²) in [5, 5.41) is 13.5. The lowest BCUT2D eigenvalue weighted by atomic mass is 9.97. The van der Waals surface area contributed by atoms with Gasteiger partial charge >= 0.3 is 5.97 Å². The first-order chi connectivity index (χ1) is 10.8. The van der Waals surface area contributed by atoms with Gasteiger partial charge in [-0.1, -0.05) is 0 Å². The lowest BCUT2D eigenvalue weighted by Gasteiger charge is -2.23. The zero-order valence-electron chi connectivity index (χ0n) is 13.4. The first kappa shape index (κ1) is 16.4. The highest BCUT2D eigenvalue weighted by Crippen LogP contribution is 2.28.